The van der Waals surface area contributed by atoms with E-state index in [4.69, 9.17) is 4.98 Å². The van der Waals surface area contributed by atoms with E-state index in [2.05, 4.69) is 13.5 Å². The fraction of sp³-hybridized carbons (Fsp3) is 0.375. The van der Waals surface area contributed by atoms with E-state index in [1.165, 1.54) is 29.5 Å². The summed E-state index contributed by atoms with van der Waals surface area (Å²) in [7, 11) is 0. The van der Waals surface area contributed by atoms with Gasteiger partial charge in [-0.2, -0.15) is 0 Å². The lowest BCUT2D eigenvalue weighted by Crippen LogP contribution is -2.43. The molecule has 0 spiro atoms. The van der Waals surface area contributed by atoms with Gasteiger partial charge >= 0.3 is 0 Å². The topological polar surface area (TPSA) is 55.2 Å². The summed E-state index contributed by atoms with van der Waals surface area (Å²) in [5, 5.41) is 1.24. The second kappa shape index (κ2) is 9.40. The Morgan fingerprint density at radius 3 is 2.81 bits per heavy atom. The number of nitrogens with zero attached hydrogens (tertiary/aromatic N) is 3. The van der Waals surface area contributed by atoms with Gasteiger partial charge in [0.15, 0.2) is 5.16 Å². The first-order valence-electron chi connectivity index (χ1n) is 10.6. The highest BCUT2D eigenvalue weighted by atomic mass is 32.2. The van der Waals surface area contributed by atoms with Crippen molar-refractivity contribution in [2.75, 3.05) is 12.3 Å². The zero-order valence-electron chi connectivity index (χ0n) is 18.0. The smallest absolute Gasteiger partial charge is 0.263 e. The summed E-state index contributed by atoms with van der Waals surface area (Å²) in [6.45, 7) is 9.08. The molecule has 5 nitrogen and oxygen atoms in total. The molecule has 1 saturated heterocycles. The van der Waals surface area contributed by atoms with Crippen LogP contribution in [0, 0.1) is 6.92 Å². The summed E-state index contributed by atoms with van der Waals surface area (Å²) in [6.07, 6.45) is 4.99. The third kappa shape index (κ3) is 4.34. The fourth-order valence-corrected chi connectivity index (χ4v) is 6.26. The zero-order valence-corrected chi connectivity index (χ0v) is 19.6. The average molecular weight is 454 g/mol. The largest absolute Gasteiger partial charge is 0.339 e. The second-order valence-corrected chi connectivity index (χ2v) is 9.86. The summed E-state index contributed by atoms with van der Waals surface area (Å²) in [5.41, 5.74) is 1.97. The Morgan fingerprint density at radius 2 is 2.10 bits per heavy atom. The molecule has 1 aliphatic rings. The number of likely N-dealkylation sites (tertiary alicyclic amines) is 1. The fourth-order valence-electron chi connectivity index (χ4n) is 4.14. The molecule has 1 aromatic carbocycles. The summed E-state index contributed by atoms with van der Waals surface area (Å²) in [5.74, 6) is 0.402. The number of thioether (sulfide) groups is 1. The molecule has 0 saturated carbocycles. The van der Waals surface area contributed by atoms with Crippen molar-refractivity contribution in [1.82, 2.24) is 14.5 Å². The van der Waals surface area contributed by atoms with Crippen molar-refractivity contribution in [2.24, 2.45) is 0 Å². The maximum atomic E-state index is 13.4. The molecule has 4 rings (SSSR count). The number of carbonyl (C=O) groups is 1. The van der Waals surface area contributed by atoms with Gasteiger partial charge in [0.05, 0.1) is 11.1 Å². The molecule has 0 bridgehead atoms. The van der Waals surface area contributed by atoms with Crippen LogP contribution in [0.15, 0.2) is 52.9 Å². The number of hydrogen-bond acceptors (Lipinski definition) is 5. The second-order valence-electron chi connectivity index (χ2n) is 7.92. The van der Waals surface area contributed by atoms with E-state index in [1.807, 2.05) is 42.2 Å². The van der Waals surface area contributed by atoms with Gasteiger partial charge in [0.1, 0.15) is 4.83 Å². The third-order valence-corrected chi connectivity index (χ3v) is 8.01. The number of allylic oxidation sites excluding steroid dienone is 1. The molecular weight excluding hydrogens is 426 g/mol. The highest BCUT2D eigenvalue weighted by Gasteiger charge is 2.24. The summed E-state index contributed by atoms with van der Waals surface area (Å²) >= 11 is 2.89. The molecule has 0 N–H and O–H groups in total. The lowest BCUT2D eigenvalue weighted by molar-refractivity contribution is -0.131. The van der Waals surface area contributed by atoms with Crippen LogP contribution in [-0.4, -0.2) is 38.7 Å². The molecule has 1 aliphatic heterocycles. The first-order valence-corrected chi connectivity index (χ1v) is 12.4. The highest BCUT2D eigenvalue weighted by Crippen LogP contribution is 2.36. The van der Waals surface area contributed by atoms with E-state index in [-0.39, 0.29) is 23.3 Å². The minimum atomic E-state index is -0.0675. The number of aromatic nitrogens is 2. The molecule has 7 heteroatoms. The van der Waals surface area contributed by atoms with Crippen LogP contribution < -0.4 is 5.56 Å². The van der Waals surface area contributed by atoms with E-state index in [0.717, 1.165) is 40.2 Å². The maximum absolute atomic E-state index is 13.4. The van der Waals surface area contributed by atoms with Gasteiger partial charge in [-0.3, -0.25) is 14.2 Å². The van der Waals surface area contributed by atoms with Crippen molar-refractivity contribution in [2.45, 2.75) is 50.9 Å². The summed E-state index contributed by atoms with van der Waals surface area (Å²) in [4.78, 5) is 34.8. The minimum Gasteiger partial charge on any atom is -0.339 e. The van der Waals surface area contributed by atoms with Crippen molar-refractivity contribution in [3.63, 3.8) is 0 Å². The van der Waals surface area contributed by atoms with Gasteiger partial charge < -0.3 is 4.90 Å². The van der Waals surface area contributed by atoms with Crippen LogP contribution in [0.4, 0.5) is 0 Å². The molecular formula is C24H27N3O2S2. The van der Waals surface area contributed by atoms with Crippen molar-refractivity contribution in [3.05, 3.63) is 58.9 Å². The molecule has 3 heterocycles. The number of aryl methyl sites for hydroxylation is 1. The van der Waals surface area contributed by atoms with E-state index in [0.29, 0.717) is 17.1 Å². The first kappa shape index (κ1) is 21.8. The van der Waals surface area contributed by atoms with Gasteiger partial charge in [0.2, 0.25) is 5.91 Å². The van der Waals surface area contributed by atoms with Crippen molar-refractivity contribution >= 4 is 39.2 Å². The normalized spacial score (nSPS) is 16.6. The third-order valence-electron chi connectivity index (χ3n) is 5.81. The predicted molar refractivity (Wildman–Crippen MR) is 130 cm³/mol. The number of benzene rings is 1. The molecule has 1 fully saturated rings. The van der Waals surface area contributed by atoms with Crippen LogP contribution in [0.1, 0.15) is 31.7 Å². The van der Waals surface area contributed by atoms with E-state index in [1.54, 1.807) is 10.6 Å². The van der Waals surface area contributed by atoms with Crippen molar-refractivity contribution < 1.29 is 4.79 Å². The Balaban J connectivity index is 1.69. The Labute approximate surface area is 190 Å². The van der Waals surface area contributed by atoms with Gasteiger partial charge in [0, 0.05) is 24.0 Å². The number of hydrogen-bond donors (Lipinski definition) is 0. The van der Waals surface area contributed by atoms with Crippen LogP contribution >= 0.6 is 23.1 Å². The highest BCUT2D eigenvalue weighted by molar-refractivity contribution is 7.99. The van der Waals surface area contributed by atoms with Gasteiger partial charge in [-0.05, 0) is 44.2 Å². The monoisotopic (exact) mass is 453 g/mol. The minimum absolute atomic E-state index is 0.0675. The van der Waals surface area contributed by atoms with E-state index in [9.17, 15) is 9.59 Å². The van der Waals surface area contributed by atoms with E-state index < -0.39 is 0 Å². The standard InChI is InChI=1S/C24H27N3O2S2/c1-4-13-27-23(29)20-17(3)21(18-11-6-5-7-12-18)31-22(20)25-24(27)30-15-19(28)26-14-9-8-10-16(26)2/h4-7,11-12,16H,1,8-10,13-15H2,2-3H3. The van der Waals surface area contributed by atoms with Gasteiger partial charge in [-0.25, -0.2) is 4.98 Å². The molecule has 31 heavy (non-hydrogen) atoms. The molecule has 0 radical (unpaired) electrons. The number of amides is 1. The lowest BCUT2D eigenvalue weighted by Gasteiger charge is -2.33. The van der Waals surface area contributed by atoms with Gasteiger partial charge in [-0.15, -0.1) is 17.9 Å². The Bertz CT molecular complexity index is 1170. The van der Waals surface area contributed by atoms with Gasteiger partial charge in [0.25, 0.3) is 5.56 Å². The van der Waals surface area contributed by atoms with Crippen LogP contribution in [0.5, 0.6) is 0 Å². The Kier molecular flexibility index (Phi) is 6.62. The average Bonchev–Trinajstić information content (AvgIpc) is 3.11. The number of rotatable bonds is 6. The van der Waals surface area contributed by atoms with Crippen LogP contribution in [0.25, 0.3) is 20.7 Å². The summed E-state index contributed by atoms with van der Waals surface area (Å²) < 4.78 is 1.64. The van der Waals surface area contributed by atoms with Crippen molar-refractivity contribution in [1.29, 1.82) is 0 Å². The van der Waals surface area contributed by atoms with Crippen LogP contribution in [0.2, 0.25) is 0 Å². The number of carbonyl (C=O) groups excluding carboxylic acids is 1. The van der Waals surface area contributed by atoms with Crippen molar-refractivity contribution in [3.8, 4) is 10.4 Å². The molecule has 0 aliphatic carbocycles. The Hall–Kier alpha value is -2.38. The lowest BCUT2D eigenvalue weighted by atomic mass is 10.0. The molecule has 1 unspecified atom stereocenters. The number of fused-ring (bicyclic) bond motifs is 1. The summed E-state index contributed by atoms with van der Waals surface area (Å²) in [6, 6.07) is 10.4. The van der Waals surface area contributed by atoms with Gasteiger partial charge in [-0.1, -0.05) is 48.2 Å². The maximum Gasteiger partial charge on any atom is 0.263 e. The number of piperidine rings is 1. The Morgan fingerprint density at radius 1 is 1.32 bits per heavy atom. The zero-order chi connectivity index (χ0) is 22.0. The molecule has 1 atom stereocenters. The molecule has 3 aromatic rings. The SMILES string of the molecule is C=CCn1c(SCC(=O)N2CCCCC2C)nc2sc(-c3ccccc3)c(C)c2c1=O. The van der Waals surface area contributed by atoms with Crippen LogP contribution in [0.3, 0.4) is 0 Å². The molecule has 1 amide bonds. The molecule has 162 valence electrons. The first-order chi connectivity index (χ1) is 15.0. The van der Waals surface area contributed by atoms with Crippen LogP contribution in [-0.2, 0) is 11.3 Å². The molecule has 2 aromatic heterocycles. The number of thiophene rings is 1. The van der Waals surface area contributed by atoms with E-state index >= 15 is 0 Å². The quantitative estimate of drug-likeness (QED) is 0.296. The predicted octanol–water partition coefficient (Wildman–Crippen LogP) is 5.11.